The summed E-state index contributed by atoms with van der Waals surface area (Å²) in [7, 11) is 0. The topological polar surface area (TPSA) is 41.6 Å². The highest BCUT2D eigenvalue weighted by Crippen LogP contribution is 2.11. The molecule has 1 aromatic carbocycles. The van der Waals surface area contributed by atoms with Crippen molar-refractivity contribution >= 4 is 22.0 Å². The number of hydrogen-bond donors (Lipinski definition) is 1. The minimum atomic E-state index is -0.450. The summed E-state index contributed by atoms with van der Waals surface area (Å²) in [6.07, 6.45) is 0.686. The molecule has 22 heavy (non-hydrogen) atoms. The predicted molar refractivity (Wildman–Crippen MR) is 93.9 cm³/mol. The van der Waals surface area contributed by atoms with Gasteiger partial charge in [-0.15, -0.1) is 0 Å². The van der Waals surface area contributed by atoms with Gasteiger partial charge in [0.1, 0.15) is 5.60 Å². The van der Waals surface area contributed by atoms with E-state index in [2.05, 4.69) is 40.3 Å². The number of amides is 1. The third-order valence-electron chi connectivity index (χ3n) is 2.95. The average Bonchev–Trinajstić information content (AvgIpc) is 2.42. The maximum atomic E-state index is 12.1. The van der Waals surface area contributed by atoms with E-state index in [9.17, 15) is 4.79 Å². The van der Waals surface area contributed by atoms with Gasteiger partial charge in [0.15, 0.2) is 0 Å². The fourth-order valence-corrected chi connectivity index (χ4v) is 2.20. The molecule has 124 valence electrons. The van der Waals surface area contributed by atoms with Gasteiger partial charge in [0.05, 0.1) is 0 Å². The van der Waals surface area contributed by atoms with Gasteiger partial charge >= 0.3 is 6.09 Å². The standard InChI is InChI=1S/C17H27BrN2O2/c1-5-11-20(16(21)22-17(2,3)4)12-10-19-13-14-6-8-15(18)9-7-14/h6-9,19H,5,10-13H2,1-4H3. The Bertz CT molecular complexity index is 455. The van der Waals surface area contributed by atoms with Gasteiger partial charge in [0.2, 0.25) is 0 Å². The maximum absolute atomic E-state index is 12.1. The monoisotopic (exact) mass is 370 g/mol. The van der Waals surface area contributed by atoms with Crippen LogP contribution in [0, 0.1) is 0 Å². The maximum Gasteiger partial charge on any atom is 0.410 e. The van der Waals surface area contributed by atoms with Crippen LogP contribution in [0.2, 0.25) is 0 Å². The molecule has 0 unspecified atom stereocenters. The summed E-state index contributed by atoms with van der Waals surface area (Å²) >= 11 is 3.42. The normalized spacial score (nSPS) is 11.3. The van der Waals surface area contributed by atoms with Crippen molar-refractivity contribution < 1.29 is 9.53 Å². The van der Waals surface area contributed by atoms with E-state index in [4.69, 9.17) is 4.74 Å². The molecule has 0 aliphatic rings. The van der Waals surface area contributed by atoms with E-state index >= 15 is 0 Å². The van der Waals surface area contributed by atoms with Crippen LogP contribution in [0.5, 0.6) is 0 Å². The molecule has 0 saturated carbocycles. The van der Waals surface area contributed by atoms with E-state index < -0.39 is 5.60 Å². The molecule has 1 N–H and O–H groups in total. The van der Waals surface area contributed by atoms with Crippen molar-refractivity contribution in [3.05, 3.63) is 34.3 Å². The van der Waals surface area contributed by atoms with Crippen LogP contribution < -0.4 is 5.32 Å². The van der Waals surface area contributed by atoms with Gasteiger partial charge in [-0.05, 0) is 44.9 Å². The summed E-state index contributed by atoms with van der Waals surface area (Å²) in [5, 5.41) is 3.36. The average molecular weight is 371 g/mol. The van der Waals surface area contributed by atoms with Gasteiger partial charge < -0.3 is 15.0 Å². The van der Waals surface area contributed by atoms with Gasteiger partial charge in [-0.3, -0.25) is 0 Å². The minimum Gasteiger partial charge on any atom is -0.444 e. The van der Waals surface area contributed by atoms with Crippen LogP contribution in [0.1, 0.15) is 39.7 Å². The van der Waals surface area contributed by atoms with Crippen LogP contribution >= 0.6 is 15.9 Å². The fourth-order valence-electron chi connectivity index (χ4n) is 1.94. The zero-order valence-corrected chi connectivity index (χ0v) is 15.6. The molecular formula is C17H27BrN2O2. The van der Waals surface area contributed by atoms with E-state index in [-0.39, 0.29) is 6.09 Å². The first kappa shape index (κ1) is 19.0. The zero-order chi connectivity index (χ0) is 16.6. The number of carbonyl (C=O) groups is 1. The number of nitrogens with one attached hydrogen (secondary N) is 1. The van der Waals surface area contributed by atoms with Gasteiger partial charge in [-0.25, -0.2) is 4.79 Å². The molecule has 0 fully saturated rings. The number of carbonyl (C=O) groups excluding carboxylic acids is 1. The lowest BCUT2D eigenvalue weighted by molar-refractivity contribution is 0.0252. The van der Waals surface area contributed by atoms with E-state index in [0.717, 1.165) is 30.5 Å². The Kier molecular flexibility index (Phi) is 7.90. The van der Waals surface area contributed by atoms with Gasteiger partial charge in [-0.1, -0.05) is 35.0 Å². The SMILES string of the molecule is CCCN(CCNCc1ccc(Br)cc1)C(=O)OC(C)(C)C. The van der Waals surface area contributed by atoms with Crippen molar-refractivity contribution in [2.75, 3.05) is 19.6 Å². The van der Waals surface area contributed by atoms with Crippen molar-refractivity contribution in [1.82, 2.24) is 10.2 Å². The Balaban J connectivity index is 2.37. The molecular weight excluding hydrogens is 344 g/mol. The Morgan fingerprint density at radius 2 is 1.86 bits per heavy atom. The van der Waals surface area contributed by atoms with Crippen molar-refractivity contribution in [2.45, 2.75) is 46.3 Å². The number of ether oxygens (including phenoxy) is 1. The number of nitrogens with zero attached hydrogens (tertiary/aromatic N) is 1. The minimum absolute atomic E-state index is 0.236. The lowest BCUT2D eigenvalue weighted by Gasteiger charge is -2.27. The summed E-state index contributed by atoms with van der Waals surface area (Å²) in [5.74, 6) is 0. The zero-order valence-electron chi connectivity index (χ0n) is 14.0. The highest BCUT2D eigenvalue weighted by molar-refractivity contribution is 9.10. The quantitative estimate of drug-likeness (QED) is 0.731. The molecule has 0 atom stereocenters. The van der Waals surface area contributed by atoms with Crippen LogP contribution in [-0.4, -0.2) is 36.2 Å². The number of rotatable bonds is 7. The Morgan fingerprint density at radius 1 is 1.23 bits per heavy atom. The second-order valence-corrected chi connectivity index (χ2v) is 7.19. The first-order valence-corrected chi connectivity index (χ1v) is 8.54. The highest BCUT2D eigenvalue weighted by atomic mass is 79.9. The summed E-state index contributed by atoms with van der Waals surface area (Å²) in [6, 6.07) is 8.21. The largest absolute Gasteiger partial charge is 0.444 e. The fraction of sp³-hybridized carbons (Fsp3) is 0.588. The predicted octanol–water partition coefficient (Wildman–Crippen LogP) is 4.19. The van der Waals surface area contributed by atoms with Crippen LogP contribution in [0.25, 0.3) is 0 Å². The van der Waals surface area contributed by atoms with Crippen molar-refractivity contribution in [2.24, 2.45) is 0 Å². The summed E-state index contributed by atoms with van der Waals surface area (Å²) in [6.45, 7) is 10.6. The molecule has 0 saturated heterocycles. The molecule has 0 spiro atoms. The molecule has 1 rings (SSSR count). The smallest absolute Gasteiger partial charge is 0.410 e. The molecule has 4 nitrogen and oxygen atoms in total. The third kappa shape index (κ3) is 7.80. The van der Waals surface area contributed by atoms with Crippen LogP contribution in [0.15, 0.2) is 28.7 Å². The second kappa shape index (κ2) is 9.16. The molecule has 1 aromatic rings. The van der Waals surface area contributed by atoms with Crippen LogP contribution in [-0.2, 0) is 11.3 Å². The highest BCUT2D eigenvalue weighted by Gasteiger charge is 2.21. The molecule has 5 heteroatoms. The second-order valence-electron chi connectivity index (χ2n) is 6.27. The number of benzene rings is 1. The van der Waals surface area contributed by atoms with E-state index in [0.29, 0.717) is 6.54 Å². The van der Waals surface area contributed by atoms with Crippen LogP contribution in [0.3, 0.4) is 0 Å². The first-order valence-electron chi connectivity index (χ1n) is 7.75. The summed E-state index contributed by atoms with van der Waals surface area (Å²) < 4.78 is 6.51. The Hall–Kier alpha value is -1.07. The number of hydrogen-bond acceptors (Lipinski definition) is 3. The molecule has 0 aliphatic carbocycles. The Labute approximate surface area is 142 Å². The van der Waals surface area contributed by atoms with Crippen molar-refractivity contribution in [3.63, 3.8) is 0 Å². The van der Waals surface area contributed by atoms with Crippen LogP contribution in [0.4, 0.5) is 4.79 Å². The molecule has 0 aromatic heterocycles. The molecule has 0 aliphatic heterocycles. The molecule has 1 amide bonds. The Morgan fingerprint density at radius 3 is 2.41 bits per heavy atom. The van der Waals surface area contributed by atoms with Crippen molar-refractivity contribution in [3.8, 4) is 0 Å². The summed E-state index contributed by atoms with van der Waals surface area (Å²) in [5.41, 5.74) is 0.774. The lowest BCUT2D eigenvalue weighted by Crippen LogP contribution is -2.40. The molecule has 0 radical (unpaired) electrons. The van der Waals surface area contributed by atoms with E-state index in [1.54, 1.807) is 4.90 Å². The van der Waals surface area contributed by atoms with Gasteiger partial charge in [0.25, 0.3) is 0 Å². The van der Waals surface area contributed by atoms with Crippen molar-refractivity contribution in [1.29, 1.82) is 0 Å². The molecule has 0 heterocycles. The third-order valence-corrected chi connectivity index (χ3v) is 3.47. The van der Waals surface area contributed by atoms with E-state index in [1.807, 2.05) is 32.9 Å². The first-order chi connectivity index (χ1) is 10.3. The van der Waals surface area contributed by atoms with Gasteiger partial charge in [0, 0.05) is 30.7 Å². The van der Waals surface area contributed by atoms with E-state index in [1.165, 1.54) is 5.56 Å². The molecule has 0 bridgehead atoms. The van der Waals surface area contributed by atoms with Gasteiger partial charge in [-0.2, -0.15) is 0 Å². The summed E-state index contributed by atoms with van der Waals surface area (Å²) in [4.78, 5) is 13.9. The lowest BCUT2D eigenvalue weighted by atomic mass is 10.2. The number of halogens is 1.